The minimum absolute atomic E-state index is 0.0307. The number of rotatable bonds is 7. The van der Waals surface area contributed by atoms with Crippen molar-refractivity contribution in [2.75, 3.05) is 5.32 Å². The average Bonchev–Trinajstić information content (AvgIpc) is 2.30. The molecule has 1 aromatic carbocycles. The summed E-state index contributed by atoms with van der Waals surface area (Å²) in [6, 6.07) is 4.89. The first kappa shape index (κ1) is 15.8. The molecule has 1 rings (SSSR count). The number of para-hydroxylation sites is 1. The molecule has 0 spiro atoms. The van der Waals surface area contributed by atoms with E-state index in [9.17, 15) is 10.1 Å². The zero-order valence-electron chi connectivity index (χ0n) is 11.6. The van der Waals surface area contributed by atoms with Crippen molar-refractivity contribution in [3.63, 3.8) is 0 Å². The van der Waals surface area contributed by atoms with E-state index >= 15 is 0 Å². The van der Waals surface area contributed by atoms with Gasteiger partial charge in [-0.2, -0.15) is 0 Å². The van der Waals surface area contributed by atoms with Crippen LogP contribution in [0.25, 0.3) is 0 Å². The molecule has 0 fully saturated rings. The van der Waals surface area contributed by atoms with Crippen LogP contribution in [0.3, 0.4) is 0 Å². The van der Waals surface area contributed by atoms with E-state index < -0.39 is 4.92 Å². The number of hydrogen-bond acceptors (Lipinski definition) is 3. The standard InChI is InChI=1S/C14H21ClN2O2/c1-10(2)6-4-7-11(3)16-14-12(15)8-5-9-13(14)17(18)19/h5,8-11,16H,4,6-7H2,1-3H3. The highest BCUT2D eigenvalue weighted by atomic mass is 35.5. The van der Waals surface area contributed by atoms with E-state index in [1.807, 2.05) is 6.92 Å². The van der Waals surface area contributed by atoms with Crippen LogP contribution < -0.4 is 5.32 Å². The lowest BCUT2D eigenvalue weighted by Crippen LogP contribution is -2.16. The van der Waals surface area contributed by atoms with Crippen LogP contribution in [0.2, 0.25) is 5.02 Å². The Bertz CT molecular complexity index is 435. The molecule has 0 saturated carbocycles. The second-order valence-electron chi connectivity index (χ2n) is 5.26. The van der Waals surface area contributed by atoms with Crippen molar-refractivity contribution >= 4 is 23.0 Å². The fraction of sp³-hybridized carbons (Fsp3) is 0.571. The largest absolute Gasteiger partial charge is 0.376 e. The van der Waals surface area contributed by atoms with Gasteiger partial charge in [0, 0.05) is 12.1 Å². The Kier molecular flexibility index (Phi) is 6.09. The van der Waals surface area contributed by atoms with Gasteiger partial charge in [0.1, 0.15) is 5.69 Å². The van der Waals surface area contributed by atoms with Gasteiger partial charge in [0.2, 0.25) is 0 Å². The third-order valence-electron chi connectivity index (χ3n) is 3.00. The van der Waals surface area contributed by atoms with Gasteiger partial charge in [-0.25, -0.2) is 0 Å². The molecule has 0 aliphatic rings. The zero-order chi connectivity index (χ0) is 14.4. The van der Waals surface area contributed by atoms with E-state index in [4.69, 9.17) is 11.6 Å². The van der Waals surface area contributed by atoms with Gasteiger partial charge >= 0.3 is 0 Å². The van der Waals surface area contributed by atoms with E-state index in [-0.39, 0.29) is 11.7 Å². The number of nitrogens with zero attached hydrogens (tertiary/aromatic N) is 1. The lowest BCUT2D eigenvalue weighted by molar-refractivity contribution is -0.384. The van der Waals surface area contributed by atoms with Crippen LogP contribution in [0.1, 0.15) is 40.0 Å². The van der Waals surface area contributed by atoms with E-state index in [1.54, 1.807) is 12.1 Å². The molecule has 0 heterocycles. The molecule has 0 bridgehead atoms. The summed E-state index contributed by atoms with van der Waals surface area (Å²) in [6.07, 6.45) is 3.24. The van der Waals surface area contributed by atoms with E-state index in [0.29, 0.717) is 16.6 Å². The lowest BCUT2D eigenvalue weighted by Gasteiger charge is -2.16. The van der Waals surface area contributed by atoms with Crippen molar-refractivity contribution in [2.45, 2.75) is 46.1 Å². The quantitative estimate of drug-likeness (QED) is 0.574. The first-order chi connectivity index (χ1) is 8.91. The summed E-state index contributed by atoms with van der Waals surface area (Å²) in [4.78, 5) is 10.6. The Morgan fingerprint density at radius 3 is 2.58 bits per heavy atom. The normalized spacial score (nSPS) is 12.5. The fourth-order valence-electron chi connectivity index (χ4n) is 1.96. The Hall–Kier alpha value is -1.29. The summed E-state index contributed by atoms with van der Waals surface area (Å²) in [6.45, 7) is 6.40. The Morgan fingerprint density at radius 2 is 2.00 bits per heavy atom. The fourth-order valence-corrected chi connectivity index (χ4v) is 2.18. The molecular weight excluding hydrogens is 264 g/mol. The van der Waals surface area contributed by atoms with Crippen molar-refractivity contribution < 1.29 is 4.92 Å². The molecule has 1 atom stereocenters. The number of nitrogens with one attached hydrogen (secondary N) is 1. The second-order valence-corrected chi connectivity index (χ2v) is 5.67. The predicted octanol–water partition coefficient (Wildman–Crippen LogP) is 4.87. The molecule has 0 radical (unpaired) electrons. The maximum atomic E-state index is 11.0. The van der Waals surface area contributed by atoms with E-state index in [2.05, 4.69) is 19.2 Å². The Balaban J connectivity index is 2.68. The Morgan fingerprint density at radius 1 is 1.32 bits per heavy atom. The van der Waals surface area contributed by atoms with Crippen molar-refractivity contribution in [3.8, 4) is 0 Å². The van der Waals surface area contributed by atoms with Gasteiger partial charge in [-0.05, 0) is 25.3 Å². The van der Waals surface area contributed by atoms with Crippen molar-refractivity contribution in [3.05, 3.63) is 33.3 Å². The first-order valence-corrected chi connectivity index (χ1v) is 6.99. The van der Waals surface area contributed by atoms with Crippen LogP contribution in [0, 0.1) is 16.0 Å². The molecule has 1 N–H and O–H groups in total. The van der Waals surface area contributed by atoms with Gasteiger partial charge in [-0.1, -0.05) is 44.4 Å². The maximum Gasteiger partial charge on any atom is 0.293 e. The summed E-state index contributed by atoms with van der Waals surface area (Å²) in [5.74, 6) is 0.682. The summed E-state index contributed by atoms with van der Waals surface area (Å²) in [7, 11) is 0. The molecule has 0 aromatic heterocycles. The van der Waals surface area contributed by atoms with Crippen LogP contribution in [0.15, 0.2) is 18.2 Å². The van der Waals surface area contributed by atoms with Crippen LogP contribution in [-0.4, -0.2) is 11.0 Å². The SMILES string of the molecule is CC(C)CCCC(C)Nc1c(Cl)cccc1[N+](=O)[O-]. The monoisotopic (exact) mass is 284 g/mol. The van der Waals surface area contributed by atoms with Crippen molar-refractivity contribution in [1.29, 1.82) is 0 Å². The number of anilines is 1. The van der Waals surface area contributed by atoms with Gasteiger partial charge in [-0.15, -0.1) is 0 Å². The summed E-state index contributed by atoms with van der Waals surface area (Å²) >= 11 is 6.04. The molecule has 0 amide bonds. The minimum Gasteiger partial charge on any atom is -0.376 e. The molecule has 106 valence electrons. The highest BCUT2D eigenvalue weighted by Crippen LogP contribution is 2.32. The molecule has 19 heavy (non-hydrogen) atoms. The highest BCUT2D eigenvalue weighted by molar-refractivity contribution is 6.33. The van der Waals surface area contributed by atoms with Gasteiger partial charge in [0.05, 0.1) is 9.95 Å². The molecular formula is C14H21ClN2O2. The smallest absolute Gasteiger partial charge is 0.293 e. The molecule has 1 aromatic rings. The number of nitro groups is 1. The summed E-state index contributed by atoms with van der Waals surface area (Å²) in [5, 5.41) is 14.5. The zero-order valence-corrected chi connectivity index (χ0v) is 12.4. The number of halogens is 1. The number of benzene rings is 1. The van der Waals surface area contributed by atoms with Crippen molar-refractivity contribution in [1.82, 2.24) is 0 Å². The molecule has 0 aliphatic heterocycles. The molecule has 5 heteroatoms. The van der Waals surface area contributed by atoms with Gasteiger partial charge < -0.3 is 5.32 Å². The number of nitro benzene ring substituents is 1. The van der Waals surface area contributed by atoms with E-state index in [1.165, 1.54) is 6.07 Å². The number of hydrogen-bond donors (Lipinski definition) is 1. The summed E-state index contributed by atoms with van der Waals surface area (Å²) in [5.41, 5.74) is 0.453. The molecule has 0 saturated heterocycles. The van der Waals surface area contributed by atoms with Crippen LogP contribution >= 0.6 is 11.6 Å². The lowest BCUT2D eigenvalue weighted by atomic mass is 10.0. The minimum atomic E-state index is -0.408. The Labute approximate surface area is 119 Å². The molecule has 4 nitrogen and oxygen atoms in total. The maximum absolute atomic E-state index is 11.0. The van der Waals surface area contributed by atoms with Crippen LogP contribution in [-0.2, 0) is 0 Å². The highest BCUT2D eigenvalue weighted by Gasteiger charge is 2.18. The van der Waals surface area contributed by atoms with Gasteiger partial charge in [0.25, 0.3) is 5.69 Å². The third-order valence-corrected chi connectivity index (χ3v) is 3.31. The average molecular weight is 285 g/mol. The topological polar surface area (TPSA) is 55.2 Å². The second kappa shape index (κ2) is 7.34. The summed E-state index contributed by atoms with van der Waals surface area (Å²) < 4.78 is 0. The van der Waals surface area contributed by atoms with Gasteiger partial charge in [0.15, 0.2) is 0 Å². The molecule has 0 aliphatic carbocycles. The van der Waals surface area contributed by atoms with Gasteiger partial charge in [-0.3, -0.25) is 10.1 Å². The first-order valence-electron chi connectivity index (χ1n) is 6.61. The van der Waals surface area contributed by atoms with Crippen LogP contribution in [0.4, 0.5) is 11.4 Å². The van der Waals surface area contributed by atoms with Crippen LogP contribution in [0.5, 0.6) is 0 Å². The van der Waals surface area contributed by atoms with E-state index in [0.717, 1.165) is 19.3 Å². The van der Waals surface area contributed by atoms with Crippen molar-refractivity contribution in [2.24, 2.45) is 5.92 Å². The third kappa shape index (κ3) is 5.07. The molecule has 1 unspecified atom stereocenters. The predicted molar refractivity (Wildman–Crippen MR) is 79.9 cm³/mol.